The third-order valence-corrected chi connectivity index (χ3v) is 2.92. The fourth-order valence-electron chi connectivity index (χ4n) is 1.62. The number of nitrogens with one attached hydrogen (secondary N) is 2. The molecule has 0 spiro atoms. The van der Waals surface area contributed by atoms with Crippen molar-refractivity contribution in [2.75, 3.05) is 5.43 Å². The average Bonchev–Trinajstić information content (AvgIpc) is 2.46. The molecular weight excluding hydrogens is 280 g/mol. The standard InChI is InChI=1S/C14H11ClN2O3/c15-11-7-3-4-8-12(11)16-17-13(18)9-5-1-2-6-10(9)14(19)20/h1-8,16H,(H,17,18)(H,19,20). The van der Waals surface area contributed by atoms with Crippen molar-refractivity contribution in [3.05, 3.63) is 64.7 Å². The summed E-state index contributed by atoms with van der Waals surface area (Å²) in [7, 11) is 0. The molecule has 6 heteroatoms. The van der Waals surface area contributed by atoms with Crippen molar-refractivity contribution < 1.29 is 14.7 Å². The van der Waals surface area contributed by atoms with E-state index >= 15 is 0 Å². The van der Waals surface area contributed by atoms with E-state index in [0.29, 0.717) is 10.7 Å². The van der Waals surface area contributed by atoms with Crippen molar-refractivity contribution >= 4 is 29.2 Å². The molecule has 2 aromatic carbocycles. The van der Waals surface area contributed by atoms with E-state index in [-0.39, 0.29) is 11.1 Å². The van der Waals surface area contributed by atoms with Gasteiger partial charge in [0.1, 0.15) is 0 Å². The van der Waals surface area contributed by atoms with E-state index in [1.165, 1.54) is 12.1 Å². The predicted molar refractivity (Wildman–Crippen MR) is 75.9 cm³/mol. The Labute approximate surface area is 120 Å². The topological polar surface area (TPSA) is 78.4 Å². The molecule has 5 nitrogen and oxygen atoms in total. The first kappa shape index (κ1) is 13.9. The molecule has 20 heavy (non-hydrogen) atoms. The summed E-state index contributed by atoms with van der Waals surface area (Å²) in [5.41, 5.74) is 5.60. The van der Waals surface area contributed by atoms with Gasteiger partial charge >= 0.3 is 5.97 Å². The van der Waals surface area contributed by atoms with Crippen molar-refractivity contribution in [3.63, 3.8) is 0 Å². The third kappa shape index (κ3) is 3.07. The number of para-hydroxylation sites is 1. The van der Waals surface area contributed by atoms with Crippen LogP contribution in [0.25, 0.3) is 0 Å². The number of carboxylic acid groups (broad SMARTS) is 1. The lowest BCUT2D eigenvalue weighted by atomic mass is 10.1. The number of carbonyl (C=O) groups excluding carboxylic acids is 1. The van der Waals surface area contributed by atoms with Crippen molar-refractivity contribution in [3.8, 4) is 0 Å². The molecule has 0 aliphatic carbocycles. The smallest absolute Gasteiger partial charge is 0.336 e. The summed E-state index contributed by atoms with van der Waals surface area (Å²) in [6.45, 7) is 0. The summed E-state index contributed by atoms with van der Waals surface area (Å²) in [6.07, 6.45) is 0. The lowest BCUT2D eigenvalue weighted by Gasteiger charge is -2.11. The number of carbonyl (C=O) groups is 2. The first-order valence-corrected chi connectivity index (χ1v) is 6.10. The molecule has 0 saturated heterocycles. The molecule has 2 aromatic rings. The van der Waals surface area contributed by atoms with Crippen LogP contribution in [0.1, 0.15) is 20.7 Å². The molecule has 0 aliphatic rings. The number of hydrogen-bond donors (Lipinski definition) is 3. The summed E-state index contributed by atoms with van der Waals surface area (Å²) in [6, 6.07) is 12.8. The van der Waals surface area contributed by atoms with Gasteiger partial charge in [0.15, 0.2) is 0 Å². The largest absolute Gasteiger partial charge is 0.478 e. The molecule has 0 fully saturated rings. The van der Waals surface area contributed by atoms with Crippen LogP contribution in [-0.2, 0) is 0 Å². The highest BCUT2D eigenvalue weighted by atomic mass is 35.5. The summed E-state index contributed by atoms with van der Waals surface area (Å²) in [4.78, 5) is 23.0. The molecule has 1 amide bonds. The van der Waals surface area contributed by atoms with E-state index in [0.717, 1.165) is 0 Å². The maximum Gasteiger partial charge on any atom is 0.336 e. The molecule has 0 aromatic heterocycles. The second-order valence-electron chi connectivity index (χ2n) is 3.91. The lowest BCUT2D eigenvalue weighted by molar-refractivity contribution is 0.0691. The number of hydrogen-bond acceptors (Lipinski definition) is 3. The van der Waals surface area contributed by atoms with Crippen LogP contribution in [0.15, 0.2) is 48.5 Å². The van der Waals surface area contributed by atoms with Crippen molar-refractivity contribution in [1.82, 2.24) is 5.43 Å². The van der Waals surface area contributed by atoms with E-state index < -0.39 is 11.9 Å². The summed E-state index contributed by atoms with van der Waals surface area (Å²) < 4.78 is 0. The molecule has 0 saturated carbocycles. The molecular formula is C14H11ClN2O3. The zero-order valence-corrected chi connectivity index (χ0v) is 11.0. The number of carboxylic acids is 1. The summed E-state index contributed by atoms with van der Waals surface area (Å²) in [5.74, 6) is -1.71. The highest BCUT2D eigenvalue weighted by Gasteiger charge is 2.15. The van der Waals surface area contributed by atoms with Gasteiger partial charge in [-0.05, 0) is 24.3 Å². The molecule has 0 bridgehead atoms. The van der Waals surface area contributed by atoms with Crippen LogP contribution in [0.3, 0.4) is 0 Å². The van der Waals surface area contributed by atoms with Crippen LogP contribution in [0.4, 0.5) is 5.69 Å². The predicted octanol–water partition coefficient (Wildman–Crippen LogP) is 2.80. The zero-order valence-electron chi connectivity index (χ0n) is 10.3. The summed E-state index contributed by atoms with van der Waals surface area (Å²) >= 11 is 5.93. The maximum absolute atomic E-state index is 12.0. The van der Waals surface area contributed by atoms with Gasteiger partial charge in [0.25, 0.3) is 5.91 Å². The molecule has 3 N–H and O–H groups in total. The van der Waals surface area contributed by atoms with Crippen molar-refractivity contribution in [2.45, 2.75) is 0 Å². The van der Waals surface area contributed by atoms with Gasteiger partial charge in [-0.15, -0.1) is 0 Å². The molecule has 102 valence electrons. The SMILES string of the molecule is O=C(O)c1ccccc1C(=O)NNc1ccccc1Cl. The van der Waals surface area contributed by atoms with E-state index in [2.05, 4.69) is 10.9 Å². The Morgan fingerprint density at radius 3 is 2.20 bits per heavy atom. The van der Waals surface area contributed by atoms with Gasteiger partial charge < -0.3 is 5.11 Å². The normalized spacial score (nSPS) is 9.85. The van der Waals surface area contributed by atoms with Crippen molar-refractivity contribution in [1.29, 1.82) is 0 Å². The van der Waals surface area contributed by atoms with E-state index in [9.17, 15) is 9.59 Å². The molecule has 0 aliphatic heterocycles. The van der Waals surface area contributed by atoms with E-state index in [1.807, 2.05) is 0 Å². The molecule has 0 atom stereocenters. The maximum atomic E-state index is 12.0. The van der Waals surface area contributed by atoms with Crippen LogP contribution < -0.4 is 10.9 Å². The van der Waals surface area contributed by atoms with Gasteiger partial charge in [0, 0.05) is 0 Å². The monoisotopic (exact) mass is 290 g/mol. The summed E-state index contributed by atoms with van der Waals surface area (Å²) in [5, 5.41) is 9.47. The van der Waals surface area contributed by atoms with Crippen LogP contribution in [0, 0.1) is 0 Å². The van der Waals surface area contributed by atoms with Crippen LogP contribution in [0.5, 0.6) is 0 Å². The lowest BCUT2D eigenvalue weighted by Crippen LogP contribution is -2.30. The molecule has 0 unspecified atom stereocenters. The number of anilines is 1. The Hall–Kier alpha value is -2.53. The molecule has 0 radical (unpaired) electrons. The molecule has 2 rings (SSSR count). The first-order valence-electron chi connectivity index (χ1n) is 5.73. The number of benzene rings is 2. The van der Waals surface area contributed by atoms with Gasteiger partial charge in [-0.3, -0.25) is 15.6 Å². The second-order valence-corrected chi connectivity index (χ2v) is 4.32. The minimum Gasteiger partial charge on any atom is -0.478 e. The van der Waals surface area contributed by atoms with Crippen LogP contribution in [0.2, 0.25) is 5.02 Å². The van der Waals surface area contributed by atoms with Crippen molar-refractivity contribution in [2.24, 2.45) is 0 Å². The number of rotatable bonds is 4. The van der Waals surface area contributed by atoms with E-state index in [1.54, 1.807) is 36.4 Å². The average molecular weight is 291 g/mol. The Bertz CT molecular complexity index is 658. The number of hydrazine groups is 1. The molecule has 0 heterocycles. The van der Waals surface area contributed by atoms with Gasteiger partial charge in [-0.25, -0.2) is 4.79 Å². The first-order chi connectivity index (χ1) is 9.59. The Morgan fingerprint density at radius 1 is 0.950 bits per heavy atom. The van der Waals surface area contributed by atoms with Crippen LogP contribution in [-0.4, -0.2) is 17.0 Å². The fourth-order valence-corrected chi connectivity index (χ4v) is 1.80. The number of halogens is 1. The van der Waals surface area contributed by atoms with Gasteiger partial charge in [0.2, 0.25) is 0 Å². The minimum atomic E-state index is -1.16. The van der Waals surface area contributed by atoms with Crippen LogP contribution >= 0.6 is 11.6 Å². The number of amides is 1. The van der Waals surface area contributed by atoms with Gasteiger partial charge in [-0.2, -0.15) is 0 Å². The Kier molecular flexibility index (Phi) is 4.22. The third-order valence-electron chi connectivity index (χ3n) is 2.59. The van der Waals surface area contributed by atoms with E-state index in [4.69, 9.17) is 16.7 Å². The zero-order chi connectivity index (χ0) is 14.5. The van der Waals surface area contributed by atoms with Gasteiger partial charge in [0.05, 0.1) is 21.8 Å². The highest BCUT2D eigenvalue weighted by Crippen LogP contribution is 2.19. The number of aromatic carboxylic acids is 1. The second kappa shape index (κ2) is 6.08. The fraction of sp³-hybridized carbons (Fsp3) is 0. The highest BCUT2D eigenvalue weighted by molar-refractivity contribution is 6.33. The Morgan fingerprint density at radius 2 is 1.55 bits per heavy atom. The Balaban J connectivity index is 2.14. The quantitative estimate of drug-likeness (QED) is 0.757. The van der Waals surface area contributed by atoms with Gasteiger partial charge in [-0.1, -0.05) is 35.9 Å². The minimum absolute atomic E-state index is 0.0639.